The van der Waals surface area contributed by atoms with Gasteiger partial charge in [-0.05, 0) is 13.0 Å². The molecular formula is C12H12N4O2. The van der Waals surface area contributed by atoms with E-state index in [2.05, 4.69) is 15.1 Å². The van der Waals surface area contributed by atoms with Crippen molar-refractivity contribution in [2.75, 3.05) is 0 Å². The number of Topliss-reactive ketones (excluding diaryl/α,β-unsaturated/α-hetero) is 2. The number of carbonyl (C=O) groups is 2. The topological polar surface area (TPSA) is 77.7 Å². The molecule has 6 nitrogen and oxygen atoms in total. The highest BCUT2D eigenvalue weighted by Gasteiger charge is 2.16. The van der Waals surface area contributed by atoms with Crippen LogP contribution in [0.2, 0.25) is 0 Å². The molecule has 0 fully saturated rings. The first-order valence-electron chi connectivity index (χ1n) is 5.56. The van der Waals surface area contributed by atoms with E-state index in [1.54, 1.807) is 16.9 Å². The van der Waals surface area contributed by atoms with Crippen molar-refractivity contribution < 1.29 is 9.59 Å². The number of ketones is 2. The zero-order chi connectivity index (χ0) is 13.0. The Balaban J connectivity index is 2.06. The molecule has 92 valence electrons. The highest BCUT2D eigenvalue weighted by atomic mass is 16.1. The molecule has 0 bridgehead atoms. The Hall–Kier alpha value is -2.37. The monoisotopic (exact) mass is 244 g/mol. The number of hydrogen-bond acceptors (Lipinski definition) is 5. The number of nitrogens with zero attached hydrogens (tertiary/aromatic N) is 4. The molecule has 0 aliphatic carbocycles. The first kappa shape index (κ1) is 12.1. The maximum absolute atomic E-state index is 11.8. The van der Waals surface area contributed by atoms with Crippen LogP contribution in [-0.2, 0) is 6.54 Å². The number of aromatic nitrogens is 4. The molecule has 0 saturated heterocycles. The normalized spacial score (nSPS) is 10.3. The highest BCUT2D eigenvalue weighted by molar-refractivity contribution is 6.12. The van der Waals surface area contributed by atoms with E-state index >= 15 is 0 Å². The number of aryl methyl sites for hydroxylation is 1. The van der Waals surface area contributed by atoms with E-state index in [4.69, 9.17) is 0 Å². The van der Waals surface area contributed by atoms with Crippen molar-refractivity contribution in [3.8, 4) is 0 Å². The van der Waals surface area contributed by atoms with Crippen molar-refractivity contribution >= 4 is 11.6 Å². The first-order chi connectivity index (χ1) is 8.70. The summed E-state index contributed by atoms with van der Waals surface area (Å²) in [6.45, 7) is 2.60. The summed E-state index contributed by atoms with van der Waals surface area (Å²) >= 11 is 0. The van der Waals surface area contributed by atoms with E-state index in [9.17, 15) is 9.59 Å². The van der Waals surface area contributed by atoms with Gasteiger partial charge in [0.1, 0.15) is 0 Å². The number of carbonyl (C=O) groups excluding carboxylic acids is 2. The second-order valence-electron chi connectivity index (χ2n) is 3.68. The lowest BCUT2D eigenvalue weighted by Crippen LogP contribution is -2.11. The standard InChI is InChI=1S/C12H12N4O2/c1-2-16-8-9(7-15-16)10(17)6-11(18)12-13-4-3-5-14-12/h3-5,7-8H,2,6H2,1H3. The van der Waals surface area contributed by atoms with E-state index in [1.165, 1.54) is 18.6 Å². The molecule has 0 spiro atoms. The molecule has 6 heteroatoms. The molecule has 0 radical (unpaired) electrons. The summed E-state index contributed by atoms with van der Waals surface area (Å²) < 4.78 is 1.64. The molecule has 0 saturated carbocycles. The van der Waals surface area contributed by atoms with Crippen molar-refractivity contribution in [3.05, 3.63) is 42.2 Å². The van der Waals surface area contributed by atoms with E-state index in [-0.39, 0.29) is 23.8 Å². The van der Waals surface area contributed by atoms with E-state index < -0.39 is 0 Å². The van der Waals surface area contributed by atoms with Gasteiger partial charge in [-0.3, -0.25) is 14.3 Å². The van der Waals surface area contributed by atoms with Gasteiger partial charge in [-0.1, -0.05) is 0 Å². The predicted octanol–water partition coefficient (Wildman–Crippen LogP) is 1.15. The zero-order valence-electron chi connectivity index (χ0n) is 9.91. The SMILES string of the molecule is CCn1cc(C(=O)CC(=O)c2ncccn2)cn1. The smallest absolute Gasteiger partial charge is 0.207 e. The molecule has 0 unspecified atom stereocenters. The number of hydrogen-bond donors (Lipinski definition) is 0. The molecule has 0 aliphatic rings. The molecule has 2 aromatic heterocycles. The Morgan fingerprint density at radius 2 is 1.94 bits per heavy atom. The van der Waals surface area contributed by atoms with Gasteiger partial charge in [0.05, 0.1) is 18.2 Å². The lowest BCUT2D eigenvalue weighted by atomic mass is 10.1. The van der Waals surface area contributed by atoms with Gasteiger partial charge in [-0.15, -0.1) is 0 Å². The van der Waals surface area contributed by atoms with Gasteiger partial charge >= 0.3 is 0 Å². The van der Waals surface area contributed by atoms with Crippen molar-refractivity contribution in [2.45, 2.75) is 19.9 Å². The van der Waals surface area contributed by atoms with Gasteiger partial charge in [0.2, 0.25) is 5.78 Å². The van der Waals surface area contributed by atoms with Gasteiger partial charge < -0.3 is 0 Å². The molecular weight excluding hydrogens is 232 g/mol. The summed E-state index contributed by atoms with van der Waals surface area (Å²) in [5.74, 6) is -0.592. The molecule has 0 amide bonds. The Labute approximate surface area is 104 Å². The Kier molecular flexibility index (Phi) is 3.57. The minimum Gasteiger partial charge on any atom is -0.294 e. The van der Waals surface area contributed by atoms with E-state index in [1.807, 2.05) is 6.92 Å². The molecule has 2 heterocycles. The fraction of sp³-hybridized carbons (Fsp3) is 0.250. The quantitative estimate of drug-likeness (QED) is 0.582. The summed E-state index contributed by atoms with van der Waals surface area (Å²) in [6.07, 6.45) is 5.80. The van der Waals surface area contributed by atoms with Crippen LogP contribution in [0.4, 0.5) is 0 Å². The Morgan fingerprint density at radius 1 is 1.22 bits per heavy atom. The molecule has 18 heavy (non-hydrogen) atoms. The van der Waals surface area contributed by atoms with Gasteiger partial charge in [0.15, 0.2) is 11.6 Å². The van der Waals surface area contributed by atoms with Crippen LogP contribution in [-0.4, -0.2) is 31.3 Å². The van der Waals surface area contributed by atoms with Crippen LogP contribution in [0.5, 0.6) is 0 Å². The molecule has 0 N–H and O–H groups in total. The van der Waals surface area contributed by atoms with Gasteiger partial charge in [0, 0.05) is 25.1 Å². The van der Waals surface area contributed by atoms with Crippen molar-refractivity contribution in [2.24, 2.45) is 0 Å². The Morgan fingerprint density at radius 3 is 2.56 bits per heavy atom. The maximum Gasteiger partial charge on any atom is 0.207 e. The minimum atomic E-state index is -0.384. The maximum atomic E-state index is 11.8. The van der Waals surface area contributed by atoms with Crippen LogP contribution < -0.4 is 0 Å². The van der Waals surface area contributed by atoms with Gasteiger partial charge in [-0.2, -0.15) is 5.10 Å². The summed E-state index contributed by atoms with van der Waals surface area (Å²) in [5.41, 5.74) is 0.432. The zero-order valence-corrected chi connectivity index (χ0v) is 9.91. The van der Waals surface area contributed by atoms with Crippen molar-refractivity contribution in [3.63, 3.8) is 0 Å². The fourth-order valence-electron chi connectivity index (χ4n) is 1.45. The minimum absolute atomic E-state index is 0.0636. The third-order valence-electron chi connectivity index (χ3n) is 2.42. The summed E-state index contributed by atoms with van der Waals surface area (Å²) in [5, 5.41) is 3.99. The van der Waals surface area contributed by atoms with Crippen LogP contribution in [0.25, 0.3) is 0 Å². The second kappa shape index (κ2) is 5.31. The van der Waals surface area contributed by atoms with Gasteiger partial charge in [-0.25, -0.2) is 9.97 Å². The van der Waals surface area contributed by atoms with Crippen LogP contribution in [0.3, 0.4) is 0 Å². The summed E-state index contributed by atoms with van der Waals surface area (Å²) in [4.78, 5) is 31.2. The van der Waals surface area contributed by atoms with Crippen molar-refractivity contribution in [1.82, 2.24) is 19.7 Å². The first-order valence-corrected chi connectivity index (χ1v) is 5.56. The fourth-order valence-corrected chi connectivity index (χ4v) is 1.45. The number of rotatable bonds is 5. The van der Waals surface area contributed by atoms with Crippen LogP contribution in [0, 0.1) is 0 Å². The third-order valence-corrected chi connectivity index (χ3v) is 2.42. The molecule has 2 aromatic rings. The van der Waals surface area contributed by atoms with Crippen molar-refractivity contribution in [1.29, 1.82) is 0 Å². The van der Waals surface area contributed by atoms with Gasteiger partial charge in [0.25, 0.3) is 0 Å². The third kappa shape index (κ3) is 2.65. The largest absolute Gasteiger partial charge is 0.294 e. The Bertz CT molecular complexity index is 562. The lowest BCUT2D eigenvalue weighted by Gasteiger charge is -1.97. The average Bonchev–Trinajstić information content (AvgIpc) is 2.88. The molecule has 0 aromatic carbocycles. The predicted molar refractivity (Wildman–Crippen MR) is 63.2 cm³/mol. The molecule has 0 atom stereocenters. The van der Waals surface area contributed by atoms with Crippen LogP contribution >= 0.6 is 0 Å². The second-order valence-corrected chi connectivity index (χ2v) is 3.68. The molecule has 0 aliphatic heterocycles. The summed E-state index contributed by atoms with van der Waals surface area (Å²) in [7, 11) is 0. The van der Waals surface area contributed by atoms with E-state index in [0.717, 1.165) is 0 Å². The lowest BCUT2D eigenvalue weighted by molar-refractivity contribution is 0.0888. The van der Waals surface area contributed by atoms with E-state index in [0.29, 0.717) is 12.1 Å². The summed E-state index contributed by atoms with van der Waals surface area (Å²) in [6, 6.07) is 1.61. The van der Waals surface area contributed by atoms with Crippen LogP contribution in [0.1, 0.15) is 34.3 Å². The molecule has 2 rings (SSSR count). The average molecular weight is 244 g/mol. The highest BCUT2D eigenvalue weighted by Crippen LogP contribution is 2.05. The van der Waals surface area contributed by atoms with Crippen LogP contribution in [0.15, 0.2) is 30.9 Å².